The summed E-state index contributed by atoms with van der Waals surface area (Å²) in [6, 6.07) is 17.0. The van der Waals surface area contributed by atoms with Crippen molar-refractivity contribution in [1.29, 1.82) is 0 Å². The Morgan fingerprint density at radius 2 is 1.97 bits per heavy atom. The van der Waals surface area contributed by atoms with Gasteiger partial charge in [0.1, 0.15) is 10.4 Å². The first kappa shape index (κ1) is 19.0. The van der Waals surface area contributed by atoms with Crippen molar-refractivity contribution in [1.82, 2.24) is 9.55 Å². The van der Waals surface area contributed by atoms with E-state index in [0.717, 1.165) is 25.9 Å². The molecule has 3 aromatic heterocycles. The van der Waals surface area contributed by atoms with Gasteiger partial charge in [-0.25, -0.2) is 4.98 Å². The Morgan fingerprint density at radius 1 is 1.17 bits per heavy atom. The summed E-state index contributed by atoms with van der Waals surface area (Å²) < 4.78 is 7.94. The molecule has 0 atom stereocenters. The van der Waals surface area contributed by atoms with E-state index < -0.39 is 0 Å². The molecule has 3 heterocycles. The van der Waals surface area contributed by atoms with Crippen molar-refractivity contribution >= 4 is 54.2 Å². The van der Waals surface area contributed by atoms with Crippen molar-refractivity contribution in [2.45, 2.75) is 13.5 Å². The van der Waals surface area contributed by atoms with E-state index >= 15 is 0 Å². The Kier molecular flexibility index (Phi) is 4.64. The van der Waals surface area contributed by atoms with Crippen LogP contribution >= 0.6 is 27.3 Å². The molecule has 2 aromatic carbocycles. The monoisotopic (exact) mass is 478 g/mol. The number of carbonyl (C=O) groups is 1. The number of hydrogen-bond donors (Lipinski definition) is 0. The molecule has 5 rings (SSSR count). The zero-order valence-electron chi connectivity index (χ0n) is 15.9. The molecule has 5 nitrogen and oxygen atoms in total. The van der Waals surface area contributed by atoms with Crippen LogP contribution in [0.3, 0.4) is 0 Å². The van der Waals surface area contributed by atoms with Gasteiger partial charge in [0.15, 0.2) is 5.76 Å². The second kappa shape index (κ2) is 7.34. The number of ketones is 1. The largest absolute Gasteiger partial charge is 0.453 e. The first-order valence-corrected chi connectivity index (χ1v) is 10.9. The highest BCUT2D eigenvalue weighted by Gasteiger charge is 2.19. The van der Waals surface area contributed by atoms with Gasteiger partial charge >= 0.3 is 0 Å². The third-order valence-corrected chi connectivity index (χ3v) is 6.49. The van der Waals surface area contributed by atoms with Gasteiger partial charge in [-0.05, 0) is 36.8 Å². The van der Waals surface area contributed by atoms with E-state index in [-0.39, 0.29) is 23.6 Å². The summed E-state index contributed by atoms with van der Waals surface area (Å²) in [4.78, 5) is 32.2. The van der Waals surface area contributed by atoms with Gasteiger partial charge in [-0.2, -0.15) is 0 Å². The van der Waals surface area contributed by atoms with Crippen LogP contribution in [0.4, 0.5) is 0 Å². The maximum absolute atomic E-state index is 13.3. The lowest BCUT2D eigenvalue weighted by molar-refractivity contribution is 0.0945. The first-order chi connectivity index (χ1) is 14.5. The molecule has 0 saturated heterocycles. The zero-order valence-corrected chi connectivity index (χ0v) is 18.3. The number of rotatable bonds is 4. The molecule has 30 heavy (non-hydrogen) atoms. The van der Waals surface area contributed by atoms with Crippen LogP contribution in [0, 0.1) is 6.92 Å². The number of furan rings is 1. The van der Waals surface area contributed by atoms with Gasteiger partial charge in [-0.3, -0.25) is 14.2 Å². The highest BCUT2D eigenvalue weighted by atomic mass is 79.9. The molecular formula is C23H15BrN2O3S. The van der Waals surface area contributed by atoms with Gasteiger partial charge in [0.2, 0.25) is 5.78 Å². The van der Waals surface area contributed by atoms with Crippen LogP contribution in [-0.2, 0) is 6.54 Å². The van der Waals surface area contributed by atoms with E-state index in [2.05, 4.69) is 20.9 Å². The number of benzene rings is 2. The third-order valence-electron chi connectivity index (χ3n) is 4.98. The van der Waals surface area contributed by atoms with E-state index in [1.165, 1.54) is 22.2 Å². The molecule has 7 heteroatoms. The summed E-state index contributed by atoms with van der Waals surface area (Å²) >= 11 is 4.90. The van der Waals surface area contributed by atoms with Crippen LogP contribution in [0.25, 0.3) is 32.3 Å². The highest BCUT2D eigenvalue weighted by Crippen LogP contribution is 2.35. The number of halogens is 1. The average molecular weight is 479 g/mol. The molecular weight excluding hydrogens is 464 g/mol. The van der Waals surface area contributed by atoms with Crippen LogP contribution in [0.5, 0.6) is 0 Å². The van der Waals surface area contributed by atoms with Crippen molar-refractivity contribution in [3.8, 4) is 11.1 Å². The van der Waals surface area contributed by atoms with Crippen molar-refractivity contribution in [3.63, 3.8) is 0 Å². The van der Waals surface area contributed by atoms with Crippen LogP contribution in [0.2, 0.25) is 0 Å². The zero-order chi connectivity index (χ0) is 20.8. The summed E-state index contributed by atoms with van der Waals surface area (Å²) in [6.45, 7) is 1.85. The number of thiophene rings is 1. The van der Waals surface area contributed by atoms with Gasteiger partial charge in [-0.15, -0.1) is 11.3 Å². The molecule has 0 N–H and O–H groups in total. The van der Waals surface area contributed by atoms with E-state index in [4.69, 9.17) is 4.42 Å². The van der Waals surface area contributed by atoms with Crippen LogP contribution < -0.4 is 5.56 Å². The number of nitrogens with zero attached hydrogens (tertiary/aromatic N) is 2. The second-order valence-electron chi connectivity index (χ2n) is 6.97. The van der Waals surface area contributed by atoms with Crippen molar-refractivity contribution in [2.24, 2.45) is 0 Å². The fraction of sp³-hybridized carbons (Fsp3) is 0.0870. The lowest BCUT2D eigenvalue weighted by Crippen LogP contribution is -2.24. The molecule has 0 radical (unpaired) electrons. The minimum Gasteiger partial charge on any atom is -0.453 e. The summed E-state index contributed by atoms with van der Waals surface area (Å²) in [6.07, 6.45) is 1.44. The standard InChI is InChI=1S/C23H15BrN2O3S/c1-13-20(14-5-3-2-4-6-14)21-22(30-13)25-12-26(23(21)28)11-17(27)19-10-15-9-16(24)7-8-18(15)29-19/h2-10,12H,11H2,1H3. The normalized spacial score (nSPS) is 11.4. The molecule has 0 unspecified atom stereocenters. The quantitative estimate of drug-likeness (QED) is 0.305. The smallest absolute Gasteiger partial charge is 0.263 e. The minimum atomic E-state index is -0.279. The lowest BCUT2D eigenvalue weighted by Gasteiger charge is -2.05. The molecule has 0 saturated carbocycles. The van der Waals surface area contributed by atoms with Crippen LogP contribution in [-0.4, -0.2) is 15.3 Å². The van der Waals surface area contributed by atoms with Crippen molar-refractivity contribution < 1.29 is 9.21 Å². The Bertz CT molecular complexity index is 1480. The first-order valence-electron chi connectivity index (χ1n) is 9.27. The van der Waals surface area contributed by atoms with Gasteiger partial charge in [-0.1, -0.05) is 46.3 Å². The molecule has 0 aliphatic rings. The Balaban J connectivity index is 1.57. The van der Waals surface area contributed by atoms with Crippen molar-refractivity contribution in [3.05, 3.63) is 86.4 Å². The molecule has 0 bridgehead atoms. The Labute approximate surface area is 183 Å². The Hall–Kier alpha value is -3.03. The number of carbonyl (C=O) groups excluding carboxylic acids is 1. The topological polar surface area (TPSA) is 65.1 Å². The molecule has 148 valence electrons. The number of aryl methyl sites for hydroxylation is 1. The summed E-state index contributed by atoms with van der Waals surface area (Å²) in [5.41, 5.74) is 2.24. The highest BCUT2D eigenvalue weighted by molar-refractivity contribution is 9.10. The average Bonchev–Trinajstić information content (AvgIpc) is 3.31. The molecule has 5 aromatic rings. The minimum absolute atomic E-state index is 0.133. The van der Waals surface area contributed by atoms with Gasteiger partial charge in [0, 0.05) is 20.3 Å². The fourth-order valence-corrected chi connectivity index (χ4v) is 4.97. The van der Waals surface area contributed by atoms with Gasteiger partial charge in [0.25, 0.3) is 5.56 Å². The molecule has 0 amide bonds. The van der Waals surface area contributed by atoms with Gasteiger partial charge in [0.05, 0.1) is 18.3 Å². The summed E-state index contributed by atoms with van der Waals surface area (Å²) in [7, 11) is 0. The Morgan fingerprint density at radius 3 is 2.77 bits per heavy atom. The number of aromatic nitrogens is 2. The SMILES string of the molecule is Cc1sc2ncn(CC(=O)c3cc4cc(Br)ccc4o3)c(=O)c2c1-c1ccccc1. The molecule has 0 aliphatic heterocycles. The summed E-state index contributed by atoms with van der Waals surface area (Å²) in [5, 5.41) is 1.38. The van der Waals surface area contributed by atoms with E-state index in [0.29, 0.717) is 15.8 Å². The molecule has 0 fully saturated rings. The van der Waals surface area contributed by atoms with Gasteiger partial charge < -0.3 is 4.42 Å². The van der Waals surface area contributed by atoms with Crippen molar-refractivity contribution in [2.75, 3.05) is 0 Å². The number of Topliss-reactive ketones (excluding diaryl/α,β-unsaturated/α-hetero) is 1. The molecule has 0 aliphatic carbocycles. The predicted molar refractivity (Wildman–Crippen MR) is 122 cm³/mol. The number of hydrogen-bond acceptors (Lipinski definition) is 5. The lowest BCUT2D eigenvalue weighted by atomic mass is 10.0. The number of fused-ring (bicyclic) bond motifs is 2. The van der Waals surface area contributed by atoms with Crippen LogP contribution in [0.15, 0.2) is 74.6 Å². The predicted octanol–water partition coefficient (Wildman–Crippen LogP) is 5.83. The van der Waals surface area contributed by atoms with E-state index in [9.17, 15) is 9.59 Å². The third kappa shape index (κ3) is 3.20. The van der Waals surface area contributed by atoms with Crippen LogP contribution in [0.1, 0.15) is 15.4 Å². The maximum atomic E-state index is 13.3. The maximum Gasteiger partial charge on any atom is 0.263 e. The van der Waals surface area contributed by atoms with E-state index in [1.54, 1.807) is 12.1 Å². The van der Waals surface area contributed by atoms with E-state index in [1.807, 2.05) is 49.4 Å². The summed E-state index contributed by atoms with van der Waals surface area (Å²) in [5.74, 6) is -0.0568. The second-order valence-corrected chi connectivity index (χ2v) is 9.09. The fourth-order valence-electron chi connectivity index (χ4n) is 3.59. The molecule has 0 spiro atoms.